The lowest BCUT2D eigenvalue weighted by molar-refractivity contribution is 0.250. The van der Waals surface area contributed by atoms with Gasteiger partial charge in [0.15, 0.2) is 0 Å². The van der Waals surface area contributed by atoms with E-state index in [0.717, 1.165) is 19.5 Å². The van der Waals surface area contributed by atoms with Crippen LogP contribution in [0.15, 0.2) is 54.6 Å². The van der Waals surface area contributed by atoms with Crippen LogP contribution < -0.4 is 15.5 Å². The fraction of sp³-hybridized carbons (Fsp3) is 0.263. The molecular formula is C19H20N4O. The van der Waals surface area contributed by atoms with Crippen molar-refractivity contribution in [1.29, 1.82) is 5.26 Å². The molecule has 0 bridgehead atoms. The predicted octanol–water partition coefficient (Wildman–Crippen LogP) is 3.21. The van der Waals surface area contributed by atoms with Gasteiger partial charge in [0.2, 0.25) is 0 Å². The lowest BCUT2D eigenvalue weighted by atomic mass is 10.1. The number of carbonyl (C=O) groups excluding carboxylic acids is 1. The number of hydrogen-bond donors (Lipinski definition) is 2. The Morgan fingerprint density at radius 2 is 1.92 bits per heavy atom. The molecule has 3 rings (SSSR count). The van der Waals surface area contributed by atoms with Gasteiger partial charge in [-0.3, -0.25) is 0 Å². The number of amides is 2. The quantitative estimate of drug-likeness (QED) is 0.909. The normalized spacial score (nSPS) is 16.5. The maximum atomic E-state index is 12.0. The molecule has 1 heterocycles. The Bertz CT molecular complexity index is 721. The van der Waals surface area contributed by atoms with Crippen LogP contribution in [0.25, 0.3) is 0 Å². The summed E-state index contributed by atoms with van der Waals surface area (Å²) in [6.45, 7) is 2.64. The van der Waals surface area contributed by atoms with Gasteiger partial charge in [0, 0.05) is 31.0 Å². The maximum absolute atomic E-state index is 12.0. The lowest BCUT2D eigenvalue weighted by Gasteiger charge is -2.18. The first-order valence-electron chi connectivity index (χ1n) is 8.09. The molecule has 122 valence electrons. The number of hydrogen-bond acceptors (Lipinski definition) is 3. The minimum absolute atomic E-state index is 0.210. The van der Waals surface area contributed by atoms with Crippen molar-refractivity contribution < 1.29 is 4.79 Å². The summed E-state index contributed by atoms with van der Waals surface area (Å²) in [6, 6.07) is 19.0. The van der Waals surface area contributed by atoms with Gasteiger partial charge >= 0.3 is 6.03 Å². The average molecular weight is 320 g/mol. The molecular weight excluding hydrogens is 300 g/mol. The molecule has 1 atom stereocenters. The molecule has 1 saturated heterocycles. The van der Waals surface area contributed by atoms with Gasteiger partial charge in [-0.1, -0.05) is 18.2 Å². The average Bonchev–Trinajstić information content (AvgIpc) is 3.10. The second-order valence-corrected chi connectivity index (χ2v) is 5.96. The van der Waals surface area contributed by atoms with Crippen LogP contribution in [0.4, 0.5) is 16.2 Å². The van der Waals surface area contributed by atoms with Crippen LogP contribution in [0.2, 0.25) is 0 Å². The zero-order valence-electron chi connectivity index (χ0n) is 13.4. The van der Waals surface area contributed by atoms with Crippen molar-refractivity contribution in [2.75, 3.05) is 29.9 Å². The van der Waals surface area contributed by atoms with E-state index in [9.17, 15) is 4.79 Å². The number of urea groups is 1. The summed E-state index contributed by atoms with van der Waals surface area (Å²) in [4.78, 5) is 14.3. The van der Waals surface area contributed by atoms with E-state index in [1.54, 1.807) is 24.3 Å². The maximum Gasteiger partial charge on any atom is 0.319 e. The van der Waals surface area contributed by atoms with Gasteiger partial charge in [-0.2, -0.15) is 5.26 Å². The summed E-state index contributed by atoms with van der Waals surface area (Å²) in [6.07, 6.45) is 1.08. The zero-order chi connectivity index (χ0) is 16.8. The summed E-state index contributed by atoms with van der Waals surface area (Å²) < 4.78 is 0. The molecule has 1 unspecified atom stereocenters. The monoisotopic (exact) mass is 320 g/mol. The van der Waals surface area contributed by atoms with Crippen LogP contribution in [0.1, 0.15) is 12.0 Å². The first-order chi connectivity index (χ1) is 11.7. The summed E-state index contributed by atoms with van der Waals surface area (Å²) >= 11 is 0. The van der Waals surface area contributed by atoms with Crippen molar-refractivity contribution in [2.45, 2.75) is 6.42 Å². The number of anilines is 2. The van der Waals surface area contributed by atoms with Gasteiger partial charge in [0.05, 0.1) is 11.6 Å². The molecule has 5 nitrogen and oxygen atoms in total. The number of nitrogens with zero attached hydrogens (tertiary/aromatic N) is 2. The zero-order valence-corrected chi connectivity index (χ0v) is 13.4. The fourth-order valence-corrected chi connectivity index (χ4v) is 2.91. The van der Waals surface area contributed by atoms with Crippen molar-refractivity contribution in [1.82, 2.24) is 5.32 Å². The van der Waals surface area contributed by atoms with E-state index >= 15 is 0 Å². The summed E-state index contributed by atoms with van der Waals surface area (Å²) in [5.41, 5.74) is 2.50. The molecule has 0 spiro atoms. The van der Waals surface area contributed by atoms with Gasteiger partial charge in [-0.05, 0) is 48.7 Å². The lowest BCUT2D eigenvalue weighted by Crippen LogP contribution is -2.34. The van der Waals surface area contributed by atoms with Gasteiger partial charge in [-0.15, -0.1) is 0 Å². The minimum Gasteiger partial charge on any atom is -0.371 e. The molecule has 2 N–H and O–H groups in total. The molecule has 0 aliphatic carbocycles. The van der Waals surface area contributed by atoms with Crippen LogP contribution in [0.3, 0.4) is 0 Å². The second kappa shape index (κ2) is 7.51. The Balaban J connectivity index is 1.44. The predicted molar refractivity (Wildman–Crippen MR) is 94.9 cm³/mol. The van der Waals surface area contributed by atoms with Crippen LogP contribution in [0.5, 0.6) is 0 Å². The van der Waals surface area contributed by atoms with Crippen molar-refractivity contribution in [3.8, 4) is 6.07 Å². The van der Waals surface area contributed by atoms with E-state index in [-0.39, 0.29) is 6.03 Å². The van der Waals surface area contributed by atoms with E-state index in [0.29, 0.717) is 23.7 Å². The standard InChI is InChI=1S/C19H20N4O/c20-12-15-6-8-17(9-7-15)22-19(24)21-13-16-10-11-23(14-16)18-4-2-1-3-5-18/h1-9,16H,10-11,13-14H2,(H2,21,22,24). The molecule has 0 radical (unpaired) electrons. The molecule has 1 aliphatic heterocycles. The highest BCUT2D eigenvalue weighted by molar-refractivity contribution is 5.89. The van der Waals surface area contributed by atoms with Crippen molar-refractivity contribution >= 4 is 17.4 Å². The smallest absolute Gasteiger partial charge is 0.319 e. The number of para-hydroxylation sites is 1. The minimum atomic E-state index is -0.210. The molecule has 2 aromatic rings. The number of carbonyl (C=O) groups is 1. The van der Waals surface area contributed by atoms with Crippen LogP contribution in [-0.4, -0.2) is 25.7 Å². The molecule has 2 amide bonds. The Morgan fingerprint density at radius 3 is 2.62 bits per heavy atom. The van der Waals surface area contributed by atoms with E-state index in [1.165, 1.54) is 5.69 Å². The van der Waals surface area contributed by atoms with Crippen LogP contribution >= 0.6 is 0 Å². The number of nitrogens with one attached hydrogen (secondary N) is 2. The number of rotatable bonds is 4. The highest BCUT2D eigenvalue weighted by Gasteiger charge is 2.22. The van der Waals surface area contributed by atoms with Gasteiger partial charge in [-0.25, -0.2) is 4.79 Å². The Morgan fingerprint density at radius 1 is 1.17 bits per heavy atom. The molecule has 5 heteroatoms. The molecule has 1 fully saturated rings. The first kappa shape index (κ1) is 15.9. The summed E-state index contributed by atoms with van der Waals surface area (Å²) in [7, 11) is 0. The topological polar surface area (TPSA) is 68.2 Å². The molecule has 2 aromatic carbocycles. The van der Waals surface area contributed by atoms with E-state index < -0.39 is 0 Å². The summed E-state index contributed by atoms with van der Waals surface area (Å²) in [5.74, 6) is 0.455. The SMILES string of the molecule is N#Cc1ccc(NC(=O)NCC2CCN(c3ccccc3)C2)cc1. The van der Waals surface area contributed by atoms with Crippen molar-refractivity contribution in [3.63, 3.8) is 0 Å². The van der Waals surface area contributed by atoms with Crippen molar-refractivity contribution in [3.05, 3.63) is 60.2 Å². The molecule has 0 saturated carbocycles. The van der Waals surface area contributed by atoms with E-state index in [1.807, 2.05) is 18.2 Å². The molecule has 1 aliphatic rings. The largest absolute Gasteiger partial charge is 0.371 e. The Hall–Kier alpha value is -3.00. The highest BCUT2D eigenvalue weighted by atomic mass is 16.2. The Labute approximate surface area is 141 Å². The summed E-state index contributed by atoms with van der Waals surface area (Å²) in [5, 5.41) is 14.5. The first-order valence-corrected chi connectivity index (χ1v) is 8.09. The number of benzene rings is 2. The van der Waals surface area contributed by atoms with Gasteiger partial charge in [0.25, 0.3) is 0 Å². The second-order valence-electron chi connectivity index (χ2n) is 5.96. The van der Waals surface area contributed by atoms with Gasteiger partial charge < -0.3 is 15.5 Å². The highest BCUT2D eigenvalue weighted by Crippen LogP contribution is 2.22. The fourth-order valence-electron chi connectivity index (χ4n) is 2.91. The van der Waals surface area contributed by atoms with Gasteiger partial charge in [0.1, 0.15) is 0 Å². The number of nitriles is 1. The van der Waals surface area contributed by atoms with Crippen molar-refractivity contribution in [2.24, 2.45) is 5.92 Å². The van der Waals surface area contributed by atoms with Crippen LogP contribution in [0, 0.1) is 17.2 Å². The molecule has 24 heavy (non-hydrogen) atoms. The van der Waals surface area contributed by atoms with Crippen LogP contribution in [-0.2, 0) is 0 Å². The third-order valence-corrected chi connectivity index (χ3v) is 4.23. The van der Waals surface area contributed by atoms with E-state index in [2.05, 4.69) is 33.7 Å². The molecule has 0 aromatic heterocycles. The third kappa shape index (κ3) is 4.05. The van der Waals surface area contributed by atoms with E-state index in [4.69, 9.17) is 5.26 Å². The third-order valence-electron chi connectivity index (χ3n) is 4.23. The Kier molecular flexibility index (Phi) is 4.97.